The molecule has 0 fully saturated rings. The van der Waals surface area contributed by atoms with Crippen molar-refractivity contribution < 1.29 is 8.42 Å². The number of hydrogen-bond donors (Lipinski definition) is 0. The van der Waals surface area contributed by atoms with Gasteiger partial charge in [0.15, 0.2) is 0 Å². The first kappa shape index (κ1) is 17.8. The van der Waals surface area contributed by atoms with Gasteiger partial charge in [0.2, 0.25) is 10.0 Å². The van der Waals surface area contributed by atoms with Gasteiger partial charge in [-0.15, -0.1) is 0 Å². The molecule has 1 atom stereocenters. The lowest BCUT2D eigenvalue weighted by Gasteiger charge is -2.25. The van der Waals surface area contributed by atoms with Crippen LogP contribution < -0.4 is 0 Å². The molecule has 3 aromatic rings. The number of nitrogens with zero attached hydrogens (tertiary/aromatic N) is 5. The number of sulfonamides is 1. The highest BCUT2D eigenvalue weighted by molar-refractivity contribution is 7.89. The van der Waals surface area contributed by atoms with E-state index < -0.39 is 16.1 Å². The number of hydrogen-bond acceptors (Lipinski definition) is 5. The van der Waals surface area contributed by atoms with Crippen LogP contribution in [0.15, 0.2) is 66.1 Å². The first-order valence-corrected chi connectivity index (χ1v) is 9.31. The molecule has 0 N–H and O–H groups in total. The molecule has 0 bridgehead atoms. The van der Waals surface area contributed by atoms with Crippen molar-refractivity contribution in [3.05, 3.63) is 72.3 Å². The van der Waals surface area contributed by atoms with Crippen LogP contribution in [0.25, 0.3) is 5.69 Å². The van der Waals surface area contributed by atoms with E-state index >= 15 is 0 Å². The average Bonchev–Trinajstić information content (AvgIpc) is 3.21. The highest BCUT2D eigenvalue weighted by atomic mass is 32.2. The minimum atomic E-state index is -3.80. The maximum Gasteiger partial charge on any atom is 0.244 e. The van der Waals surface area contributed by atoms with E-state index in [9.17, 15) is 13.7 Å². The summed E-state index contributed by atoms with van der Waals surface area (Å²) < 4.78 is 28.8. The second-order valence-corrected chi connectivity index (χ2v) is 7.70. The molecule has 0 aliphatic rings. The molecule has 8 heteroatoms. The molecule has 0 spiro atoms. The molecule has 0 aliphatic heterocycles. The summed E-state index contributed by atoms with van der Waals surface area (Å²) in [5.41, 5.74) is 1.79. The smallest absolute Gasteiger partial charge is 0.223 e. The van der Waals surface area contributed by atoms with Gasteiger partial charge in [-0.25, -0.2) is 18.1 Å². The Morgan fingerprint density at radius 3 is 2.46 bits per heavy atom. The Morgan fingerprint density at radius 2 is 1.85 bits per heavy atom. The third-order valence-electron chi connectivity index (χ3n) is 4.27. The molecule has 3 rings (SSSR count). The summed E-state index contributed by atoms with van der Waals surface area (Å²) in [6, 6.07) is 15.1. The summed E-state index contributed by atoms with van der Waals surface area (Å²) in [5, 5.41) is 13.3. The SMILES string of the molecule is C[C@H](c1ccc(-n2cncn2)cc1)N(C)S(=O)(=O)c1ccccc1C#N. The zero-order chi connectivity index (χ0) is 18.7. The monoisotopic (exact) mass is 367 g/mol. The summed E-state index contributed by atoms with van der Waals surface area (Å²) in [6.45, 7) is 1.80. The molecule has 0 unspecified atom stereocenters. The second-order valence-electron chi connectivity index (χ2n) is 5.74. The molecular formula is C18H17N5O2S. The van der Waals surface area contributed by atoms with Crippen LogP contribution in [0.5, 0.6) is 0 Å². The molecule has 0 amide bonds. The molecule has 0 aliphatic carbocycles. The predicted octanol–water partition coefficient (Wildman–Crippen LogP) is 2.52. The summed E-state index contributed by atoms with van der Waals surface area (Å²) >= 11 is 0. The highest BCUT2D eigenvalue weighted by Gasteiger charge is 2.28. The van der Waals surface area contributed by atoms with Crippen molar-refractivity contribution in [2.45, 2.75) is 17.9 Å². The zero-order valence-corrected chi connectivity index (χ0v) is 15.1. The van der Waals surface area contributed by atoms with E-state index in [0.717, 1.165) is 11.3 Å². The molecule has 0 radical (unpaired) electrons. The fraction of sp³-hybridized carbons (Fsp3) is 0.167. The molecule has 2 aromatic carbocycles. The molecule has 26 heavy (non-hydrogen) atoms. The summed E-state index contributed by atoms with van der Waals surface area (Å²) in [5.74, 6) is 0. The summed E-state index contributed by atoms with van der Waals surface area (Å²) in [6.07, 6.45) is 3.04. The molecular weight excluding hydrogens is 350 g/mol. The van der Waals surface area contributed by atoms with E-state index in [1.807, 2.05) is 30.3 Å². The first-order chi connectivity index (χ1) is 12.4. The van der Waals surface area contributed by atoms with Crippen LogP contribution in [0.1, 0.15) is 24.1 Å². The van der Waals surface area contributed by atoms with Crippen molar-refractivity contribution in [1.29, 1.82) is 5.26 Å². The fourth-order valence-corrected chi connectivity index (χ4v) is 4.09. The standard InChI is InChI=1S/C18H17N5O2S/c1-14(15-7-9-17(10-8-15)23-13-20-12-21-23)22(2)26(24,25)18-6-4-3-5-16(18)11-19/h3-10,12-14H,1-2H3/t14-/m1/s1. The largest absolute Gasteiger partial charge is 0.244 e. The minimum Gasteiger partial charge on any atom is -0.223 e. The fourth-order valence-electron chi connectivity index (χ4n) is 2.60. The Labute approximate surface area is 152 Å². The van der Waals surface area contributed by atoms with E-state index in [1.165, 1.54) is 29.8 Å². The maximum atomic E-state index is 12.9. The van der Waals surface area contributed by atoms with E-state index in [1.54, 1.807) is 30.1 Å². The molecule has 1 heterocycles. The summed E-state index contributed by atoms with van der Waals surface area (Å²) in [7, 11) is -2.29. The Bertz CT molecular complexity index is 1040. The van der Waals surface area contributed by atoms with E-state index in [-0.39, 0.29) is 10.5 Å². The minimum absolute atomic E-state index is 0.0103. The quantitative estimate of drug-likeness (QED) is 0.691. The maximum absolute atomic E-state index is 12.9. The van der Waals surface area contributed by atoms with Crippen LogP contribution in [-0.2, 0) is 10.0 Å². The lowest BCUT2D eigenvalue weighted by Crippen LogP contribution is -2.30. The lowest BCUT2D eigenvalue weighted by molar-refractivity contribution is 0.398. The topological polar surface area (TPSA) is 91.9 Å². The number of aromatic nitrogens is 3. The molecule has 132 valence electrons. The van der Waals surface area contributed by atoms with Crippen molar-refractivity contribution in [2.24, 2.45) is 0 Å². The Kier molecular flexibility index (Phi) is 4.84. The van der Waals surface area contributed by atoms with Crippen LogP contribution in [0, 0.1) is 11.3 Å². The van der Waals surface area contributed by atoms with Crippen molar-refractivity contribution in [3.8, 4) is 11.8 Å². The van der Waals surface area contributed by atoms with Gasteiger partial charge in [0, 0.05) is 13.1 Å². The Hall–Kier alpha value is -3.02. The second kappa shape index (κ2) is 7.07. The number of rotatable bonds is 5. The normalized spacial score (nSPS) is 12.7. The van der Waals surface area contributed by atoms with Gasteiger partial charge in [-0.2, -0.15) is 14.7 Å². The Balaban J connectivity index is 1.89. The van der Waals surface area contributed by atoms with E-state index in [4.69, 9.17) is 0 Å². The van der Waals surface area contributed by atoms with E-state index in [0.29, 0.717) is 0 Å². The average molecular weight is 367 g/mol. The van der Waals surface area contributed by atoms with Gasteiger partial charge in [-0.05, 0) is 36.8 Å². The van der Waals surface area contributed by atoms with Crippen LogP contribution in [-0.4, -0.2) is 34.5 Å². The predicted molar refractivity (Wildman–Crippen MR) is 95.9 cm³/mol. The van der Waals surface area contributed by atoms with Gasteiger partial charge in [-0.3, -0.25) is 0 Å². The van der Waals surface area contributed by atoms with E-state index in [2.05, 4.69) is 10.1 Å². The summed E-state index contributed by atoms with van der Waals surface area (Å²) in [4.78, 5) is 3.91. The third-order valence-corrected chi connectivity index (χ3v) is 6.26. The molecule has 1 aromatic heterocycles. The highest BCUT2D eigenvalue weighted by Crippen LogP contribution is 2.27. The van der Waals surface area contributed by atoms with Crippen molar-refractivity contribution in [1.82, 2.24) is 19.1 Å². The van der Waals surface area contributed by atoms with Gasteiger partial charge >= 0.3 is 0 Å². The van der Waals surface area contributed by atoms with Crippen LogP contribution >= 0.6 is 0 Å². The zero-order valence-electron chi connectivity index (χ0n) is 14.3. The van der Waals surface area contributed by atoms with Crippen molar-refractivity contribution in [2.75, 3.05) is 7.05 Å². The Morgan fingerprint density at radius 1 is 1.15 bits per heavy atom. The van der Waals surface area contributed by atoms with Gasteiger partial charge in [0.1, 0.15) is 18.7 Å². The van der Waals surface area contributed by atoms with Crippen LogP contribution in [0.4, 0.5) is 0 Å². The molecule has 7 nitrogen and oxygen atoms in total. The van der Waals surface area contributed by atoms with Gasteiger partial charge < -0.3 is 0 Å². The lowest BCUT2D eigenvalue weighted by atomic mass is 10.1. The van der Waals surface area contributed by atoms with Crippen LogP contribution in [0.2, 0.25) is 0 Å². The van der Waals surface area contributed by atoms with Crippen molar-refractivity contribution >= 4 is 10.0 Å². The van der Waals surface area contributed by atoms with Gasteiger partial charge in [0.25, 0.3) is 0 Å². The molecule has 0 saturated carbocycles. The number of benzene rings is 2. The van der Waals surface area contributed by atoms with Gasteiger partial charge in [0.05, 0.1) is 16.1 Å². The molecule has 0 saturated heterocycles. The van der Waals surface area contributed by atoms with Gasteiger partial charge in [-0.1, -0.05) is 24.3 Å². The van der Waals surface area contributed by atoms with Crippen LogP contribution in [0.3, 0.4) is 0 Å². The first-order valence-electron chi connectivity index (χ1n) is 7.87. The van der Waals surface area contributed by atoms with Crippen molar-refractivity contribution in [3.63, 3.8) is 0 Å². The number of nitriles is 1. The third kappa shape index (κ3) is 3.22.